The van der Waals surface area contributed by atoms with Gasteiger partial charge in [-0.1, -0.05) is 29.6 Å². The Morgan fingerprint density at radius 1 is 1.16 bits per heavy atom. The first kappa shape index (κ1) is 13.2. The molecule has 0 aliphatic heterocycles. The van der Waals surface area contributed by atoms with Crippen molar-refractivity contribution in [3.05, 3.63) is 46.5 Å². The van der Waals surface area contributed by atoms with Crippen LogP contribution in [0.4, 0.5) is 0 Å². The van der Waals surface area contributed by atoms with Gasteiger partial charge in [-0.25, -0.2) is 0 Å². The first-order valence-electron chi connectivity index (χ1n) is 5.69. The average molecular weight is 276 g/mol. The molecule has 0 atom stereocenters. The second-order valence-electron chi connectivity index (χ2n) is 3.68. The second kappa shape index (κ2) is 6.05. The number of rotatable bonds is 3. The normalized spacial score (nSPS) is 9.95. The number of nitrogens with zero attached hydrogens (tertiary/aromatic N) is 2. The van der Waals surface area contributed by atoms with Gasteiger partial charge in [0.05, 0.1) is 5.69 Å². The van der Waals surface area contributed by atoms with Crippen LogP contribution in [-0.4, -0.2) is 21.4 Å². The minimum atomic E-state index is -0.406. The molecule has 0 spiro atoms. The molecule has 0 saturated carbocycles. The number of hydrogen-bond donors (Lipinski definition) is 2. The van der Waals surface area contributed by atoms with Gasteiger partial charge >= 0.3 is 0 Å². The van der Waals surface area contributed by atoms with E-state index in [0.717, 1.165) is 11.5 Å². The van der Waals surface area contributed by atoms with Crippen molar-refractivity contribution < 1.29 is 9.59 Å². The van der Waals surface area contributed by atoms with Crippen molar-refractivity contribution in [3.8, 4) is 0 Å². The summed E-state index contributed by atoms with van der Waals surface area (Å²) in [6, 6.07) is 8.63. The van der Waals surface area contributed by atoms with Crippen molar-refractivity contribution in [1.29, 1.82) is 0 Å². The summed E-state index contributed by atoms with van der Waals surface area (Å²) >= 11 is 1.01. The lowest BCUT2D eigenvalue weighted by Crippen LogP contribution is -2.41. The highest BCUT2D eigenvalue weighted by Gasteiger charge is 2.15. The molecule has 1 aromatic heterocycles. The molecule has 2 amide bonds. The van der Waals surface area contributed by atoms with Crippen LogP contribution in [0.5, 0.6) is 0 Å². The van der Waals surface area contributed by atoms with E-state index in [-0.39, 0.29) is 5.91 Å². The third kappa shape index (κ3) is 3.14. The highest BCUT2D eigenvalue weighted by Crippen LogP contribution is 2.10. The smallest absolute Gasteiger partial charge is 0.267 e. The maximum Gasteiger partial charge on any atom is 0.283 e. The third-order valence-electron chi connectivity index (χ3n) is 2.42. The van der Waals surface area contributed by atoms with Gasteiger partial charge in [0.1, 0.15) is 4.88 Å². The van der Waals surface area contributed by atoms with E-state index in [4.69, 9.17) is 0 Å². The molecule has 0 saturated heterocycles. The SMILES string of the molecule is CCc1nnsc1C(=O)NNC(=O)c1ccccc1. The minimum absolute atomic E-state index is 0.371. The van der Waals surface area contributed by atoms with Gasteiger partial charge in [-0.05, 0) is 30.1 Å². The Bertz CT molecular complexity index is 582. The van der Waals surface area contributed by atoms with Crippen molar-refractivity contribution in [2.75, 3.05) is 0 Å². The summed E-state index contributed by atoms with van der Waals surface area (Å²) in [4.78, 5) is 24.0. The molecule has 0 radical (unpaired) electrons. The third-order valence-corrected chi connectivity index (χ3v) is 3.19. The van der Waals surface area contributed by atoms with Gasteiger partial charge in [-0.15, -0.1) is 5.10 Å². The molecule has 2 N–H and O–H groups in total. The van der Waals surface area contributed by atoms with Crippen LogP contribution in [0.25, 0.3) is 0 Å². The Labute approximate surface area is 114 Å². The predicted molar refractivity (Wildman–Crippen MR) is 70.7 cm³/mol. The number of aryl methyl sites for hydroxylation is 1. The lowest BCUT2D eigenvalue weighted by atomic mass is 10.2. The van der Waals surface area contributed by atoms with E-state index < -0.39 is 5.91 Å². The van der Waals surface area contributed by atoms with Crippen molar-refractivity contribution in [2.24, 2.45) is 0 Å². The summed E-state index contributed by atoms with van der Waals surface area (Å²) in [5.41, 5.74) is 5.80. The Balaban J connectivity index is 1.96. The molecular formula is C12H12N4O2S. The van der Waals surface area contributed by atoms with Gasteiger partial charge in [0.2, 0.25) is 0 Å². The van der Waals surface area contributed by atoms with E-state index >= 15 is 0 Å². The van der Waals surface area contributed by atoms with E-state index in [2.05, 4.69) is 20.4 Å². The van der Waals surface area contributed by atoms with E-state index in [0.29, 0.717) is 22.6 Å². The van der Waals surface area contributed by atoms with Crippen molar-refractivity contribution in [3.63, 3.8) is 0 Å². The van der Waals surface area contributed by atoms with Gasteiger partial charge in [-0.3, -0.25) is 20.4 Å². The van der Waals surface area contributed by atoms with E-state index in [1.807, 2.05) is 13.0 Å². The highest BCUT2D eigenvalue weighted by atomic mass is 32.1. The first-order valence-corrected chi connectivity index (χ1v) is 6.46. The molecule has 19 heavy (non-hydrogen) atoms. The van der Waals surface area contributed by atoms with Crippen LogP contribution in [0.1, 0.15) is 32.6 Å². The summed E-state index contributed by atoms with van der Waals surface area (Å²) in [5, 5.41) is 3.84. The summed E-state index contributed by atoms with van der Waals surface area (Å²) in [6.45, 7) is 1.88. The maximum absolute atomic E-state index is 11.8. The van der Waals surface area contributed by atoms with Gasteiger partial charge < -0.3 is 0 Å². The predicted octanol–water partition coefficient (Wildman–Crippen LogP) is 1.18. The van der Waals surface area contributed by atoms with Crippen LogP contribution in [0.15, 0.2) is 30.3 Å². The highest BCUT2D eigenvalue weighted by molar-refractivity contribution is 7.08. The first-order chi connectivity index (χ1) is 9.22. The number of hydrogen-bond acceptors (Lipinski definition) is 5. The van der Waals surface area contributed by atoms with Crippen molar-refractivity contribution in [1.82, 2.24) is 20.4 Å². The number of benzene rings is 1. The zero-order valence-corrected chi connectivity index (χ0v) is 11.0. The Morgan fingerprint density at radius 3 is 2.53 bits per heavy atom. The molecule has 7 heteroatoms. The molecule has 0 aliphatic carbocycles. The van der Waals surface area contributed by atoms with Gasteiger partial charge in [0.15, 0.2) is 0 Å². The number of nitrogens with one attached hydrogen (secondary N) is 2. The fourth-order valence-corrected chi connectivity index (χ4v) is 2.09. The number of carbonyl (C=O) groups is 2. The quantitative estimate of drug-likeness (QED) is 0.824. The van der Waals surface area contributed by atoms with E-state index in [1.54, 1.807) is 24.3 Å². The summed E-state index contributed by atoms with van der Waals surface area (Å²) in [7, 11) is 0. The molecule has 0 unspecified atom stereocenters. The minimum Gasteiger partial charge on any atom is -0.267 e. The zero-order valence-electron chi connectivity index (χ0n) is 10.2. The zero-order chi connectivity index (χ0) is 13.7. The Kier molecular flexibility index (Phi) is 4.19. The molecule has 1 aromatic carbocycles. The summed E-state index contributed by atoms with van der Waals surface area (Å²) in [6.07, 6.45) is 0.617. The Morgan fingerprint density at radius 2 is 1.84 bits per heavy atom. The van der Waals surface area contributed by atoms with E-state index in [1.165, 1.54) is 0 Å². The second-order valence-corrected chi connectivity index (χ2v) is 4.43. The standard InChI is InChI=1S/C12H12N4O2S/c1-2-9-10(19-16-13-9)12(18)15-14-11(17)8-6-4-3-5-7-8/h3-7H,2H2,1H3,(H,14,17)(H,15,18). The number of carbonyl (C=O) groups excluding carboxylic acids is 2. The van der Waals surface area contributed by atoms with Gasteiger partial charge in [0.25, 0.3) is 11.8 Å². The molecule has 2 aromatic rings. The van der Waals surface area contributed by atoms with E-state index in [9.17, 15) is 9.59 Å². The number of hydrazine groups is 1. The van der Waals surface area contributed by atoms with Crippen LogP contribution >= 0.6 is 11.5 Å². The average Bonchev–Trinajstić information content (AvgIpc) is 2.93. The molecule has 0 fully saturated rings. The molecular weight excluding hydrogens is 264 g/mol. The van der Waals surface area contributed by atoms with Crippen LogP contribution in [0.3, 0.4) is 0 Å². The largest absolute Gasteiger partial charge is 0.283 e. The molecule has 1 heterocycles. The molecule has 0 bridgehead atoms. The van der Waals surface area contributed by atoms with Crippen molar-refractivity contribution >= 4 is 23.3 Å². The molecule has 6 nitrogen and oxygen atoms in total. The van der Waals surface area contributed by atoms with Crippen LogP contribution < -0.4 is 10.9 Å². The Hall–Kier alpha value is -2.28. The maximum atomic E-state index is 11.8. The van der Waals surface area contributed by atoms with Crippen LogP contribution in [0, 0.1) is 0 Å². The van der Waals surface area contributed by atoms with Gasteiger partial charge in [0, 0.05) is 5.56 Å². The summed E-state index contributed by atoms with van der Waals surface area (Å²) in [5.74, 6) is -0.777. The fourth-order valence-electron chi connectivity index (χ4n) is 1.44. The molecule has 98 valence electrons. The topological polar surface area (TPSA) is 84.0 Å². The number of amides is 2. The molecule has 0 aliphatic rings. The molecule has 2 rings (SSSR count). The van der Waals surface area contributed by atoms with Crippen LogP contribution in [0.2, 0.25) is 0 Å². The number of aromatic nitrogens is 2. The van der Waals surface area contributed by atoms with Crippen molar-refractivity contribution in [2.45, 2.75) is 13.3 Å². The summed E-state index contributed by atoms with van der Waals surface area (Å²) < 4.78 is 3.72. The van der Waals surface area contributed by atoms with Crippen LogP contribution in [-0.2, 0) is 6.42 Å². The fraction of sp³-hybridized carbons (Fsp3) is 0.167. The lowest BCUT2D eigenvalue weighted by molar-refractivity contribution is 0.0848. The lowest BCUT2D eigenvalue weighted by Gasteiger charge is -2.06. The monoisotopic (exact) mass is 276 g/mol. The van der Waals surface area contributed by atoms with Gasteiger partial charge in [-0.2, -0.15) is 0 Å².